The van der Waals surface area contributed by atoms with E-state index < -0.39 is 53.6 Å². The molecule has 0 radical (unpaired) electrons. The summed E-state index contributed by atoms with van der Waals surface area (Å²) in [6.07, 6.45) is -7.29. The molecule has 16 heteroatoms. The first-order chi connectivity index (χ1) is 15.9. The number of nitrogens with zero attached hydrogens (tertiary/aromatic N) is 5. The van der Waals surface area contributed by atoms with Crippen molar-refractivity contribution in [1.82, 2.24) is 29.5 Å². The summed E-state index contributed by atoms with van der Waals surface area (Å²) in [6, 6.07) is 0.551. The lowest BCUT2D eigenvalue weighted by molar-refractivity contribution is -0.190. The molecular weight excluding hydrogens is 490 g/mol. The number of rotatable bonds is 7. The topological polar surface area (TPSA) is 140 Å². The number of ether oxygens (including phenoxy) is 1. The second kappa shape index (κ2) is 9.42. The van der Waals surface area contributed by atoms with Gasteiger partial charge in [0.05, 0.1) is 5.69 Å². The third kappa shape index (κ3) is 4.75. The number of carbonyl (C=O) groups excluding carboxylic acids is 1. The van der Waals surface area contributed by atoms with E-state index in [1.54, 1.807) is 6.92 Å². The molecule has 0 aliphatic carbocycles. The summed E-state index contributed by atoms with van der Waals surface area (Å²) in [5.74, 6) is -4.24. The van der Waals surface area contributed by atoms with Gasteiger partial charge in [0.1, 0.15) is 23.0 Å². The van der Waals surface area contributed by atoms with Crippen LogP contribution >= 0.6 is 11.6 Å². The van der Waals surface area contributed by atoms with Gasteiger partial charge in [0.15, 0.2) is 23.6 Å². The minimum absolute atomic E-state index is 0.0106. The molecule has 34 heavy (non-hydrogen) atoms. The Hall–Kier alpha value is -3.46. The molecule has 0 spiro atoms. The second-order valence-corrected chi connectivity index (χ2v) is 7.29. The quantitative estimate of drug-likeness (QED) is 0.417. The summed E-state index contributed by atoms with van der Waals surface area (Å²) in [4.78, 5) is 29.0. The van der Waals surface area contributed by atoms with Crippen LogP contribution in [0, 0.1) is 12.7 Å². The van der Waals surface area contributed by atoms with Crippen molar-refractivity contribution in [3.63, 3.8) is 0 Å². The Bertz CT molecular complexity index is 1270. The minimum atomic E-state index is -4.85. The highest BCUT2D eigenvalue weighted by Crippen LogP contribution is 2.29. The number of hydrogen-bond donors (Lipinski definition) is 3. The van der Waals surface area contributed by atoms with Gasteiger partial charge in [-0.15, -0.1) is 5.10 Å². The molecule has 3 aromatic rings. The van der Waals surface area contributed by atoms with Gasteiger partial charge in [-0.25, -0.2) is 9.18 Å². The number of halogens is 5. The number of alkyl halides is 3. The van der Waals surface area contributed by atoms with E-state index in [0.29, 0.717) is 17.7 Å². The van der Waals surface area contributed by atoms with E-state index in [1.165, 1.54) is 6.92 Å². The Morgan fingerprint density at radius 3 is 2.59 bits per heavy atom. The lowest BCUT2D eigenvalue weighted by Crippen LogP contribution is -2.33. The molecule has 3 N–H and O–H groups in total. The Labute approximate surface area is 193 Å². The molecule has 3 rings (SSSR count). The summed E-state index contributed by atoms with van der Waals surface area (Å²) in [7, 11) is 0. The molecule has 0 bridgehead atoms. The maximum absolute atomic E-state index is 15.0. The van der Waals surface area contributed by atoms with Crippen molar-refractivity contribution in [3.8, 4) is 11.7 Å². The monoisotopic (exact) mass is 507 g/mol. The van der Waals surface area contributed by atoms with Gasteiger partial charge in [0, 0.05) is 6.54 Å². The average Bonchev–Trinajstić information content (AvgIpc) is 3.26. The molecule has 0 unspecified atom stereocenters. The summed E-state index contributed by atoms with van der Waals surface area (Å²) in [5, 5.41) is 21.5. The number of H-pyrrole nitrogens is 1. The third-order valence-electron chi connectivity index (χ3n) is 4.66. The number of carbonyl (C=O) groups is 1. The molecule has 0 saturated heterocycles. The molecule has 0 aliphatic heterocycles. The number of aliphatic hydroxyl groups excluding tert-OH is 1. The molecule has 1 atom stereocenters. The third-order valence-corrected chi connectivity index (χ3v) is 4.93. The standard InChI is InChI=1S/C18H18ClF4N7O4/c1-4-29-11(6-31)28-30(17(29)33)14-10(20)5-9(16(25-14)34-8(3)18(21,22)23)15(32)24-12-7(2)26-27-13(12)19/h5,8,31H,4,6H2,1-3H3,(H,24,32)(H,26,27)/t8-/m0/s1. The fourth-order valence-electron chi connectivity index (χ4n) is 2.84. The molecule has 0 fully saturated rings. The van der Waals surface area contributed by atoms with Crippen LogP contribution in [0.3, 0.4) is 0 Å². The maximum atomic E-state index is 15.0. The molecule has 0 aliphatic rings. The van der Waals surface area contributed by atoms with Crippen LogP contribution in [0.4, 0.5) is 23.2 Å². The van der Waals surface area contributed by atoms with E-state index in [4.69, 9.17) is 16.3 Å². The first-order valence-corrected chi connectivity index (χ1v) is 10.0. The number of aromatic amines is 1. The number of aliphatic hydroxyl groups is 1. The lowest BCUT2D eigenvalue weighted by Gasteiger charge is -2.19. The largest absolute Gasteiger partial charge is 0.464 e. The predicted octanol–water partition coefficient (Wildman–Crippen LogP) is 2.35. The summed E-state index contributed by atoms with van der Waals surface area (Å²) in [6.45, 7) is 3.10. The van der Waals surface area contributed by atoms with Gasteiger partial charge >= 0.3 is 11.9 Å². The summed E-state index contributed by atoms with van der Waals surface area (Å²) < 4.78 is 60.7. The van der Waals surface area contributed by atoms with Crippen LogP contribution in [0.1, 0.15) is 35.7 Å². The molecule has 0 saturated carbocycles. The summed E-state index contributed by atoms with van der Waals surface area (Å²) in [5.41, 5.74) is -1.36. The van der Waals surface area contributed by atoms with Gasteiger partial charge < -0.3 is 15.2 Å². The molecule has 11 nitrogen and oxygen atoms in total. The van der Waals surface area contributed by atoms with Crippen molar-refractivity contribution >= 4 is 23.2 Å². The van der Waals surface area contributed by atoms with Gasteiger partial charge in [0.2, 0.25) is 5.88 Å². The van der Waals surface area contributed by atoms with Crippen LogP contribution < -0.4 is 15.7 Å². The molecule has 1 amide bonds. The van der Waals surface area contributed by atoms with E-state index in [1.807, 2.05) is 0 Å². The minimum Gasteiger partial charge on any atom is -0.464 e. The van der Waals surface area contributed by atoms with Crippen molar-refractivity contribution in [1.29, 1.82) is 0 Å². The molecule has 3 heterocycles. The Morgan fingerprint density at radius 1 is 1.41 bits per heavy atom. The SMILES string of the molecule is CCn1c(CO)nn(-c2nc(O[C@@H](C)C(F)(F)F)c(C(=O)Nc3c(C)n[nH]c3Cl)cc2F)c1=O. The van der Waals surface area contributed by atoms with Gasteiger partial charge in [-0.1, -0.05) is 11.6 Å². The number of aromatic nitrogens is 6. The number of pyridine rings is 1. The first-order valence-electron chi connectivity index (χ1n) is 9.64. The number of nitrogens with one attached hydrogen (secondary N) is 2. The maximum Gasteiger partial charge on any atom is 0.425 e. The second-order valence-electron chi connectivity index (χ2n) is 6.91. The lowest BCUT2D eigenvalue weighted by atomic mass is 10.2. The van der Waals surface area contributed by atoms with E-state index in [2.05, 4.69) is 25.6 Å². The van der Waals surface area contributed by atoms with Gasteiger partial charge in [0.25, 0.3) is 5.91 Å². The van der Waals surface area contributed by atoms with E-state index in [-0.39, 0.29) is 28.9 Å². The van der Waals surface area contributed by atoms with Gasteiger partial charge in [-0.3, -0.25) is 14.5 Å². The first kappa shape index (κ1) is 25.2. The zero-order valence-corrected chi connectivity index (χ0v) is 18.6. The Morgan fingerprint density at radius 2 is 2.09 bits per heavy atom. The Kier molecular flexibility index (Phi) is 6.97. The van der Waals surface area contributed by atoms with E-state index in [0.717, 1.165) is 4.57 Å². The van der Waals surface area contributed by atoms with Crippen molar-refractivity contribution in [2.45, 2.75) is 46.2 Å². The highest BCUT2D eigenvalue weighted by atomic mass is 35.5. The van der Waals surface area contributed by atoms with Crippen LogP contribution in [0.5, 0.6) is 5.88 Å². The van der Waals surface area contributed by atoms with Crippen LogP contribution in [0.2, 0.25) is 5.15 Å². The van der Waals surface area contributed by atoms with Gasteiger partial charge in [-0.2, -0.15) is 27.9 Å². The van der Waals surface area contributed by atoms with Crippen LogP contribution in [0.25, 0.3) is 5.82 Å². The number of hydrogen-bond acceptors (Lipinski definition) is 7. The summed E-state index contributed by atoms with van der Waals surface area (Å²) >= 11 is 5.89. The van der Waals surface area contributed by atoms with Crippen molar-refractivity contribution in [2.75, 3.05) is 5.32 Å². The van der Waals surface area contributed by atoms with Crippen molar-refractivity contribution in [2.24, 2.45) is 0 Å². The zero-order valence-electron chi connectivity index (χ0n) is 17.9. The number of amides is 1. The fourth-order valence-corrected chi connectivity index (χ4v) is 3.06. The highest BCUT2D eigenvalue weighted by molar-refractivity contribution is 6.33. The number of anilines is 1. The van der Waals surface area contributed by atoms with Crippen molar-refractivity contribution in [3.05, 3.63) is 44.6 Å². The molecule has 0 aromatic carbocycles. The molecule has 184 valence electrons. The van der Waals surface area contributed by atoms with Crippen LogP contribution in [-0.4, -0.2) is 52.8 Å². The average molecular weight is 508 g/mol. The molecular formula is C18H18ClF4N7O4. The Balaban J connectivity index is 2.15. The number of aryl methyl sites for hydroxylation is 1. The molecule has 3 aromatic heterocycles. The normalized spacial score (nSPS) is 12.6. The van der Waals surface area contributed by atoms with Crippen LogP contribution in [0.15, 0.2) is 10.9 Å². The van der Waals surface area contributed by atoms with Gasteiger partial charge in [-0.05, 0) is 26.8 Å². The van der Waals surface area contributed by atoms with Crippen molar-refractivity contribution < 1.29 is 32.2 Å². The van der Waals surface area contributed by atoms with E-state index >= 15 is 0 Å². The predicted molar refractivity (Wildman–Crippen MR) is 110 cm³/mol. The smallest absolute Gasteiger partial charge is 0.425 e. The van der Waals surface area contributed by atoms with Crippen LogP contribution in [-0.2, 0) is 13.2 Å². The fraction of sp³-hybridized carbons (Fsp3) is 0.389. The zero-order chi connectivity index (χ0) is 25.4. The van der Waals surface area contributed by atoms with E-state index in [9.17, 15) is 32.3 Å². The highest BCUT2D eigenvalue weighted by Gasteiger charge is 2.39.